The Morgan fingerprint density at radius 2 is 1.73 bits per heavy atom. The van der Waals surface area contributed by atoms with Gasteiger partial charge in [-0.15, -0.1) is 0 Å². The van der Waals surface area contributed by atoms with E-state index >= 15 is 0 Å². The van der Waals surface area contributed by atoms with Gasteiger partial charge in [0, 0.05) is 16.6 Å². The zero-order valence-corrected chi connectivity index (χ0v) is 16.1. The molecule has 1 unspecified atom stereocenters. The van der Waals surface area contributed by atoms with Crippen LogP contribution >= 0.6 is 23.8 Å². The molecule has 0 aliphatic rings. The Labute approximate surface area is 163 Å². The van der Waals surface area contributed by atoms with E-state index in [0.717, 1.165) is 6.42 Å². The van der Waals surface area contributed by atoms with E-state index in [9.17, 15) is 9.59 Å². The van der Waals surface area contributed by atoms with Crippen LogP contribution in [-0.4, -0.2) is 23.0 Å². The van der Waals surface area contributed by atoms with Gasteiger partial charge in [0.1, 0.15) is 0 Å². The van der Waals surface area contributed by atoms with E-state index in [4.69, 9.17) is 23.8 Å². The van der Waals surface area contributed by atoms with Crippen LogP contribution < -0.4 is 16.0 Å². The molecule has 0 heterocycles. The summed E-state index contributed by atoms with van der Waals surface area (Å²) in [6.07, 6.45) is 0.830. The fraction of sp³-hybridized carbons (Fsp3) is 0.211. The lowest BCUT2D eigenvalue weighted by atomic mass is 10.1. The summed E-state index contributed by atoms with van der Waals surface area (Å²) in [6.45, 7) is 3.93. The van der Waals surface area contributed by atoms with Gasteiger partial charge in [-0.3, -0.25) is 14.9 Å². The van der Waals surface area contributed by atoms with E-state index in [-0.39, 0.29) is 23.0 Å². The zero-order chi connectivity index (χ0) is 19.1. The molecule has 136 valence electrons. The van der Waals surface area contributed by atoms with Crippen LogP contribution in [0.5, 0.6) is 0 Å². The highest BCUT2D eigenvalue weighted by atomic mass is 35.5. The van der Waals surface area contributed by atoms with Gasteiger partial charge < -0.3 is 10.6 Å². The van der Waals surface area contributed by atoms with Gasteiger partial charge in [-0.1, -0.05) is 30.7 Å². The highest BCUT2D eigenvalue weighted by Crippen LogP contribution is 2.15. The molecule has 26 heavy (non-hydrogen) atoms. The molecule has 7 heteroatoms. The molecule has 0 aromatic heterocycles. The van der Waals surface area contributed by atoms with Gasteiger partial charge in [-0.25, -0.2) is 0 Å². The third kappa shape index (κ3) is 5.54. The van der Waals surface area contributed by atoms with E-state index in [2.05, 4.69) is 16.0 Å². The lowest BCUT2D eigenvalue weighted by Crippen LogP contribution is -2.36. The smallest absolute Gasteiger partial charge is 0.257 e. The summed E-state index contributed by atoms with van der Waals surface area (Å²) in [5.41, 5.74) is 1.41. The SMILES string of the molecule is CCC(C)NC(=O)c1ccccc1NC(=S)NC(=O)c1ccc(Cl)cc1. The van der Waals surface area contributed by atoms with Crippen molar-refractivity contribution < 1.29 is 9.59 Å². The summed E-state index contributed by atoms with van der Waals surface area (Å²) < 4.78 is 0. The number of rotatable bonds is 5. The van der Waals surface area contributed by atoms with Crippen molar-refractivity contribution in [2.75, 3.05) is 5.32 Å². The number of para-hydroxylation sites is 1. The monoisotopic (exact) mass is 389 g/mol. The number of carbonyl (C=O) groups excluding carboxylic acids is 2. The molecule has 5 nitrogen and oxygen atoms in total. The average Bonchev–Trinajstić information content (AvgIpc) is 2.62. The van der Waals surface area contributed by atoms with Crippen LogP contribution in [-0.2, 0) is 0 Å². The van der Waals surface area contributed by atoms with Crippen LogP contribution in [0.25, 0.3) is 0 Å². The molecule has 3 N–H and O–H groups in total. The number of anilines is 1. The molecule has 2 amide bonds. The van der Waals surface area contributed by atoms with E-state index in [1.807, 2.05) is 13.8 Å². The minimum absolute atomic E-state index is 0.0621. The molecule has 0 spiro atoms. The van der Waals surface area contributed by atoms with E-state index in [1.54, 1.807) is 48.5 Å². The summed E-state index contributed by atoms with van der Waals surface area (Å²) in [4.78, 5) is 24.6. The van der Waals surface area contributed by atoms with Crippen molar-refractivity contribution in [3.8, 4) is 0 Å². The van der Waals surface area contributed by atoms with E-state index in [0.29, 0.717) is 21.8 Å². The Hall–Kier alpha value is -2.44. The Balaban J connectivity index is 2.06. The van der Waals surface area contributed by atoms with Gasteiger partial charge in [0.15, 0.2) is 5.11 Å². The van der Waals surface area contributed by atoms with Crippen LogP contribution in [0.2, 0.25) is 5.02 Å². The third-order valence-electron chi connectivity index (χ3n) is 3.74. The van der Waals surface area contributed by atoms with Crippen molar-refractivity contribution in [1.29, 1.82) is 0 Å². The highest BCUT2D eigenvalue weighted by Gasteiger charge is 2.14. The Morgan fingerprint density at radius 1 is 1.08 bits per heavy atom. The van der Waals surface area contributed by atoms with Gasteiger partial charge in [0.2, 0.25) is 0 Å². The van der Waals surface area contributed by atoms with Crippen LogP contribution in [0, 0.1) is 0 Å². The second-order valence-electron chi connectivity index (χ2n) is 5.74. The Kier molecular flexibility index (Phi) is 7.12. The van der Waals surface area contributed by atoms with Gasteiger partial charge in [0.05, 0.1) is 11.3 Å². The molecule has 2 aromatic rings. The largest absolute Gasteiger partial charge is 0.350 e. The number of carbonyl (C=O) groups is 2. The fourth-order valence-electron chi connectivity index (χ4n) is 2.12. The first-order chi connectivity index (χ1) is 12.4. The maximum Gasteiger partial charge on any atom is 0.257 e. The minimum Gasteiger partial charge on any atom is -0.350 e. The first-order valence-corrected chi connectivity index (χ1v) is 8.97. The topological polar surface area (TPSA) is 70.2 Å². The Morgan fingerprint density at radius 3 is 2.38 bits per heavy atom. The van der Waals surface area contributed by atoms with E-state index in [1.165, 1.54) is 0 Å². The molecule has 0 bridgehead atoms. The first kappa shape index (κ1) is 19.9. The molecular weight excluding hydrogens is 370 g/mol. The Bertz CT molecular complexity index is 809. The van der Waals surface area contributed by atoms with Crippen molar-refractivity contribution >= 4 is 46.4 Å². The van der Waals surface area contributed by atoms with Gasteiger partial charge in [-0.2, -0.15) is 0 Å². The number of thiocarbonyl (C=S) groups is 1. The summed E-state index contributed by atoms with van der Waals surface area (Å²) in [6, 6.07) is 13.5. The second-order valence-corrected chi connectivity index (χ2v) is 6.59. The van der Waals surface area contributed by atoms with Crippen molar-refractivity contribution in [2.45, 2.75) is 26.3 Å². The van der Waals surface area contributed by atoms with Crippen molar-refractivity contribution in [1.82, 2.24) is 10.6 Å². The lowest BCUT2D eigenvalue weighted by molar-refractivity contribution is 0.0938. The van der Waals surface area contributed by atoms with Crippen LogP contribution in [0.15, 0.2) is 48.5 Å². The number of halogens is 1. The standard InChI is InChI=1S/C19H20ClN3O2S/c1-3-12(2)21-18(25)15-6-4-5-7-16(15)22-19(26)23-17(24)13-8-10-14(20)11-9-13/h4-12H,3H2,1-2H3,(H,21,25)(H2,22,23,24,26). The number of nitrogens with one attached hydrogen (secondary N) is 3. The molecule has 0 radical (unpaired) electrons. The van der Waals surface area contributed by atoms with Crippen molar-refractivity contribution in [3.05, 3.63) is 64.7 Å². The highest BCUT2D eigenvalue weighted by molar-refractivity contribution is 7.80. The van der Waals surface area contributed by atoms with Crippen LogP contribution in [0.3, 0.4) is 0 Å². The molecule has 2 aromatic carbocycles. The summed E-state index contributed by atoms with van der Waals surface area (Å²) >= 11 is 11.0. The molecule has 0 fully saturated rings. The summed E-state index contributed by atoms with van der Waals surface area (Å²) in [7, 11) is 0. The van der Waals surface area contributed by atoms with Crippen LogP contribution in [0.1, 0.15) is 41.0 Å². The van der Waals surface area contributed by atoms with Gasteiger partial charge >= 0.3 is 0 Å². The maximum atomic E-state index is 12.4. The van der Waals surface area contributed by atoms with Gasteiger partial charge in [0.25, 0.3) is 11.8 Å². The molecular formula is C19H20ClN3O2S. The molecule has 0 aliphatic heterocycles. The number of benzene rings is 2. The average molecular weight is 390 g/mol. The predicted octanol–water partition coefficient (Wildman–Crippen LogP) is 4.00. The second kappa shape index (κ2) is 9.31. The molecule has 1 atom stereocenters. The van der Waals surface area contributed by atoms with Crippen molar-refractivity contribution in [2.24, 2.45) is 0 Å². The molecule has 0 saturated heterocycles. The van der Waals surface area contributed by atoms with Gasteiger partial charge in [-0.05, 0) is 62.0 Å². The third-order valence-corrected chi connectivity index (χ3v) is 4.20. The van der Waals surface area contributed by atoms with Crippen molar-refractivity contribution in [3.63, 3.8) is 0 Å². The molecule has 2 rings (SSSR count). The predicted molar refractivity (Wildman–Crippen MR) is 109 cm³/mol. The summed E-state index contributed by atoms with van der Waals surface area (Å²) in [5.74, 6) is -0.560. The molecule has 0 saturated carbocycles. The zero-order valence-electron chi connectivity index (χ0n) is 14.5. The minimum atomic E-state index is -0.360. The van der Waals surface area contributed by atoms with Crippen LogP contribution in [0.4, 0.5) is 5.69 Å². The number of hydrogen-bond acceptors (Lipinski definition) is 3. The maximum absolute atomic E-state index is 12.4. The fourth-order valence-corrected chi connectivity index (χ4v) is 2.45. The first-order valence-electron chi connectivity index (χ1n) is 8.18. The summed E-state index contributed by atoms with van der Waals surface area (Å²) in [5, 5.41) is 9.06. The quantitative estimate of drug-likeness (QED) is 0.676. The normalized spacial score (nSPS) is 11.3. The number of amides is 2. The molecule has 0 aliphatic carbocycles. The lowest BCUT2D eigenvalue weighted by Gasteiger charge is -2.16. The number of hydrogen-bond donors (Lipinski definition) is 3. The van der Waals surface area contributed by atoms with E-state index < -0.39 is 0 Å².